The number of ether oxygens (including phenoxy) is 1. The largest absolute Gasteiger partial charge is 0.492 e. The molecule has 2 aliphatic rings. The number of aromatic nitrogens is 11. The van der Waals surface area contributed by atoms with Crippen LogP contribution in [0.15, 0.2) is 303 Å². The molecule has 17 aromatic rings. The predicted molar refractivity (Wildman–Crippen MR) is 570 cm³/mol. The van der Waals surface area contributed by atoms with Gasteiger partial charge < -0.3 is 74.3 Å². The van der Waals surface area contributed by atoms with Gasteiger partial charge in [-0.05, 0) is 223 Å². The number of rotatable bonds is 32. The van der Waals surface area contributed by atoms with Crippen molar-refractivity contribution in [3.63, 3.8) is 0 Å². The van der Waals surface area contributed by atoms with Crippen molar-refractivity contribution in [3.8, 4) is 38.6 Å². The summed E-state index contributed by atoms with van der Waals surface area (Å²) in [6.45, 7) is 10.9. The molecule has 0 radical (unpaired) electrons. The summed E-state index contributed by atoms with van der Waals surface area (Å²) >= 11 is 1.67. The number of nitrogens with one attached hydrogen (secondary N) is 10. The van der Waals surface area contributed by atoms with Crippen LogP contribution in [0, 0.1) is 39.3 Å². The van der Waals surface area contributed by atoms with Gasteiger partial charge in [-0.25, -0.2) is 53.6 Å². The number of halogens is 5. The number of amides is 4. The molecule has 16 N–H and O–H groups in total. The second-order valence-corrected chi connectivity index (χ2v) is 36.0. The predicted octanol–water partition coefficient (Wildman–Crippen LogP) is 20.0. The summed E-state index contributed by atoms with van der Waals surface area (Å²) in [5.41, 5.74) is 29.0. The smallest absolute Gasteiger partial charge is 0.417 e. The van der Waals surface area contributed by atoms with Crippen LogP contribution in [0.1, 0.15) is 127 Å². The van der Waals surface area contributed by atoms with Crippen molar-refractivity contribution in [1.29, 1.82) is 0 Å². The molecule has 4 amide bonds. The number of aliphatic hydroxyl groups is 2. The first-order valence-electron chi connectivity index (χ1n) is 47.2. The summed E-state index contributed by atoms with van der Waals surface area (Å²) in [7, 11) is 0. The second-order valence-electron chi connectivity index (χ2n) is 34.9. The highest BCUT2D eigenvalue weighted by Gasteiger charge is 2.34. The number of carbonyl (C=O) groups excluding carboxylic acids is 5. The fraction of sp³-hybridized carbons (Fsp3) is 0.161. The standard InChI is InChI=1S/C31H29FN4O3.C28H28F3N7O3.C27H23FN6O.C26H22N6OS/c1-19-5-6-22(16-28(19)32)20(2)36-31(38)26-4-3-10-34-30(26)35-12-13-39-24-7-8-25-23(15-24)17-29(37)27(25)14-21-9-11-33-18-21;1-16-2-8-20(9-3-16)37-27(41)22-10-19(28(29,30)31)12-35-25(22)34-11-17-4-6-18(7-5-17)23-14-33-24(32)26(38-23)36-13-21(40)15-39;1-17-4-5-19(11-24(17)28)14-32-27(35)23-3-2-10-29-26(23)30-13-18-6-8-20(9-7-18)21-12-22-16-33-34-25(22)31-15-21;1-16-4-7-18(8-5-16)32-26(33)20-3-2-12-28-25(20)29-14-19-9-11-23(34-19)17-6-10-22-21(13-17)24(27)31-15-30-22/h3-8,10-11,14-16,18,20H,9,12-13,17H2,1-2H3,(H,34,35)(H,36,38);2-10,12,14,21,39-40H,11,13,15H2,1H3,(H2,32,33)(H,34,35)(H,36,38)(H,37,41);2-12,15-16H,13-14H2,1H3,(H,29,30)(H,32,35)(H,31,33,34);2-13,15H,14H2,1H3,(H,28,29)(H,32,33)(H2,27,30,31)/b27-14-;;;/t20-;;;/m0.../s1. The van der Waals surface area contributed by atoms with E-state index in [0.717, 1.165) is 111 Å². The number of Topliss-reactive ketones (excluding diaryl/α,β-unsaturated/α-hetero) is 1. The molecular formula is C112H102F5N23O8S. The lowest BCUT2D eigenvalue weighted by molar-refractivity contribution is -0.137. The number of anilines is 9. The van der Waals surface area contributed by atoms with Crippen LogP contribution in [-0.2, 0) is 43.6 Å². The lowest BCUT2D eigenvalue weighted by atomic mass is 10.0. The summed E-state index contributed by atoms with van der Waals surface area (Å²) in [6, 6.07) is 68.2. The average Bonchev–Trinajstić information content (AvgIpc) is 1.73. The van der Waals surface area contributed by atoms with Gasteiger partial charge in [-0.3, -0.25) is 34.1 Å². The van der Waals surface area contributed by atoms with E-state index in [1.807, 2.05) is 130 Å². The second kappa shape index (κ2) is 48.4. The number of aliphatic imine (C=N–C) groups is 1. The average molecular weight is 2030 g/mol. The number of hydrogen-bond donors (Lipinski definition) is 14. The van der Waals surface area contributed by atoms with Crippen LogP contribution in [0.5, 0.6) is 5.75 Å². The molecule has 8 aromatic carbocycles. The number of nitrogens with zero attached hydrogens (tertiary/aromatic N) is 11. The van der Waals surface area contributed by atoms with Crippen LogP contribution in [-0.4, -0.2) is 133 Å². The number of aryl methyl sites for hydroxylation is 4. The number of benzene rings is 8. The van der Waals surface area contributed by atoms with Gasteiger partial charge in [0.25, 0.3) is 23.6 Å². The lowest BCUT2D eigenvalue weighted by Crippen LogP contribution is -2.28. The normalized spacial score (nSPS) is 12.5. The minimum Gasteiger partial charge on any atom is -0.492 e. The number of hydrogen-bond acceptors (Lipinski definition) is 27. The van der Waals surface area contributed by atoms with Crippen LogP contribution < -0.4 is 64.1 Å². The highest BCUT2D eigenvalue weighted by Crippen LogP contribution is 2.38. The van der Waals surface area contributed by atoms with Gasteiger partial charge in [-0.15, -0.1) is 11.3 Å². The maximum absolute atomic E-state index is 14.0. The van der Waals surface area contributed by atoms with E-state index >= 15 is 0 Å². The number of aromatic amines is 1. The monoisotopic (exact) mass is 2020 g/mol. The van der Waals surface area contributed by atoms with Crippen molar-refractivity contribution in [2.24, 2.45) is 4.99 Å². The van der Waals surface area contributed by atoms with Gasteiger partial charge in [0.1, 0.15) is 59.4 Å². The minimum absolute atomic E-state index is 0.00290. The molecule has 0 fully saturated rings. The SMILES string of the molecule is Cc1ccc(CNC(=O)c2cccnc2NCc2ccc(-c3cnc4[nH]ncc4c3)cc2)cc1F.Cc1ccc(NC(=O)c2cc(C(F)(F)F)cnc2NCc2ccc(-c3cnc(N)c(NCC(O)CO)n3)cc2)cc1.Cc1ccc(NC(=O)c2cccnc2NCc2ccc(-c3ccc4ncnc(N)c4c3)s2)cc1.Cc1ccc([C@H](C)NC(=O)c2cccnc2NCCOc2ccc3c(c2)CC(=O)/C3=C\C2=CN=CC2)cc1F. The molecule has 9 aromatic heterocycles. The molecule has 1 aliphatic heterocycles. The van der Waals surface area contributed by atoms with E-state index in [2.05, 4.69) is 120 Å². The molecule has 1 aliphatic carbocycles. The van der Waals surface area contributed by atoms with Gasteiger partial charge in [0.05, 0.1) is 83.3 Å². The van der Waals surface area contributed by atoms with Gasteiger partial charge >= 0.3 is 6.18 Å². The minimum atomic E-state index is -4.67. The zero-order valence-electron chi connectivity index (χ0n) is 81.2. The Morgan fingerprint density at radius 3 is 1.82 bits per heavy atom. The Morgan fingerprint density at radius 1 is 0.550 bits per heavy atom. The summed E-state index contributed by atoms with van der Waals surface area (Å²) in [5.74, 6) is 0.954. The van der Waals surface area contributed by atoms with E-state index in [0.29, 0.717) is 124 Å². The highest BCUT2D eigenvalue weighted by molar-refractivity contribution is 7.15. The van der Waals surface area contributed by atoms with Crippen LogP contribution in [0.2, 0.25) is 0 Å². The van der Waals surface area contributed by atoms with E-state index in [-0.39, 0.29) is 83.8 Å². The fourth-order valence-corrected chi connectivity index (χ4v) is 16.6. The Morgan fingerprint density at radius 2 is 1.17 bits per heavy atom. The number of H-pyrrole nitrogens is 1. The molecule has 0 saturated heterocycles. The molecule has 0 bridgehead atoms. The number of ketones is 1. The first kappa shape index (κ1) is 104. The number of pyridine rings is 5. The van der Waals surface area contributed by atoms with Crippen LogP contribution in [0.4, 0.5) is 74.1 Å². The summed E-state index contributed by atoms with van der Waals surface area (Å²) in [5, 5.41) is 54.0. The van der Waals surface area contributed by atoms with E-state index in [9.17, 15) is 51.0 Å². The molecule has 754 valence electrons. The number of fused-ring (bicyclic) bond motifs is 3. The summed E-state index contributed by atoms with van der Waals surface area (Å²) in [4.78, 5) is 109. The third kappa shape index (κ3) is 27.5. The third-order valence-corrected chi connectivity index (χ3v) is 25.1. The van der Waals surface area contributed by atoms with E-state index in [1.54, 1.807) is 165 Å². The van der Waals surface area contributed by atoms with Gasteiger partial charge in [-0.2, -0.15) is 18.3 Å². The van der Waals surface area contributed by atoms with Crippen LogP contribution in [0.3, 0.4) is 0 Å². The molecule has 10 heterocycles. The molecule has 37 heteroatoms. The number of nitrogens with two attached hydrogens (primary N) is 2. The van der Waals surface area contributed by atoms with Crippen LogP contribution in [0.25, 0.3) is 60.3 Å². The first-order chi connectivity index (χ1) is 72.0. The molecule has 31 nitrogen and oxygen atoms in total. The number of carbonyl (C=O) groups is 5. The molecular weight excluding hydrogens is 1920 g/mol. The first-order valence-corrected chi connectivity index (χ1v) is 48.1. The van der Waals surface area contributed by atoms with Crippen molar-refractivity contribution < 1.29 is 60.9 Å². The maximum Gasteiger partial charge on any atom is 0.417 e. The number of thiophene rings is 1. The van der Waals surface area contributed by atoms with Gasteiger partial charge in [0.15, 0.2) is 23.1 Å². The maximum atomic E-state index is 14.0. The van der Waals surface area contributed by atoms with E-state index in [4.69, 9.17) is 21.3 Å². The van der Waals surface area contributed by atoms with Crippen molar-refractivity contribution in [2.45, 2.75) is 92.0 Å². The molecule has 149 heavy (non-hydrogen) atoms. The molecule has 1 unspecified atom stereocenters. The van der Waals surface area contributed by atoms with Crippen LogP contribution >= 0.6 is 11.3 Å². The zero-order chi connectivity index (χ0) is 105. The molecule has 0 spiro atoms. The highest BCUT2D eigenvalue weighted by atomic mass is 32.1. The van der Waals surface area contributed by atoms with Crippen molar-refractivity contribution in [1.82, 2.24) is 65.7 Å². The Balaban J connectivity index is 0.000000142. The number of nitrogen functional groups attached to an aromatic ring is 2. The number of aliphatic hydroxyl groups excluding tert-OH is 2. The zero-order valence-corrected chi connectivity index (χ0v) is 82.0. The Bertz CT molecular complexity index is 7830. The molecule has 2 atom stereocenters. The Labute approximate surface area is 856 Å². The Hall–Kier alpha value is -18.2. The number of alkyl halides is 3. The van der Waals surface area contributed by atoms with E-state index < -0.39 is 30.4 Å². The Kier molecular flexibility index (Phi) is 33.7. The van der Waals surface area contributed by atoms with Gasteiger partial charge in [0, 0.05) is 131 Å². The van der Waals surface area contributed by atoms with Crippen molar-refractivity contribution in [2.75, 3.05) is 75.0 Å². The lowest BCUT2D eigenvalue weighted by Gasteiger charge is -2.17. The number of allylic oxidation sites excluding steroid dienone is 3. The topological polar surface area (TPSA) is 452 Å². The van der Waals surface area contributed by atoms with Gasteiger partial charge in [-0.1, -0.05) is 120 Å². The van der Waals surface area contributed by atoms with Gasteiger partial charge in [0.2, 0.25) is 0 Å². The van der Waals surface area contributed by atoms with E-state index in [1.165, 1.54) is 24.7 Å². The molecule has 19 rings (SSSR count). The van der Waals surface area contributed by atoms with Crippen molar-refractivity contribution in [3.05, 3.63) is 398 Å². The molecule has 0 saturated carbocycles. The third-order valence-electron chi connectivity index (χ3n) is 24.0. The summed E-state index contributed by atoms with van der Waals surface area (Å²) < 4.78 is 73.8. The quantitative estimate of drug-likeness (QED) is 0.0106. The fourth-order valence-electron chi connectivity index (χ4n) is 15.6. The van der Waals surface area contributed by atoms with Crippen molar-refractivity contribution >= 4 is 127 Å². The summed E-state index contributed by atoms with van der Waals surface area (Å²) in [6.07, 6.45) is 13.1.